The Hall–Kier alpha value is -2.69. The third-order valence-electron chi connectivity index (χ3n) is 4.38. The number of ether oxygens (including phenoxy) is 1. The number of nitriles is 1. The van der Waals surface area contributed by atoms with Gasteiger partial charge in [-0.3, -0.25) is 0 Å². The van der Waals surface area contributed by atoms with E-state index in [-0.39, 0.29) is 12.0 Å². The molecule has 0 radical (unpaired) electrons. The van der Waals surface area contributed by atoms with Crippen LogP contribution in [0.15, 0.2) is 12.4 Å². The number of carbonyl (C=O) groups excluding carboxylic acids is 1. The average molecular weight is 342 g/mol. The summed E-state index contributed by atoms with van der Waals surface area (Å²) < 4.78 is 7.15. The molecule has 2 atom stereocenters. The van der Waals surface area contributed by atoms with Crippen LogP contribution in [-0.4, -0.2) is 49.3 Å². The topological polar surface area (TPSA) is 96.4 Å². The van der Waals surface area contributed by atoms with Gasteiger partial charge in [0.2, 0.25) is 0 Å². The zero-order chi connectivity index (χ0) is 18.2. The van der Waals surface area contributed by atoms with Crippen molar-refractivity contribution in [2.75, 3.05) is 13.1 Å². The van der Waals surface area contributed by atoms with Crippen LogP contribution < -0.4 is 0 Å². The lowest BCUT2D eigenvalue weighted by atomic mass is 9.84. The van der Waals surface area contributed by atoms with Gasteiger partial charge in [0.1, 0.15) is 23.7 Å². The second kappa shape index (κ2) is 6.31. The Morgan fingerprint density at radius 3 is 2.88 bits per heavy atom. The van der Waals surface area contributed by atoms with Crippen molar-refractivity contribution in [2.24, 2.45) is 5.92 Å². The highest BCUT2D eigenvalue weighted by Crippen LogP contribution is 2.33. The van der Waals surface area contributed by atoms with Gasteiger partial charge in [-0.05, 0) is 39.2 Å². The van der Waals surface area contributed by atoms with E-state index in [1.807, 2.05) is 20.8 Å². The van der Waals surface area contributed by atoms with Crippen molar-refractivity contribution in [2.45, 2.75) is 45.6 Å². The zero-order valence-corrected chi connectivity index (χ0v) is 14.9. The van der Waals surface area contributed by atoms with Gasteiger partial charge in [0.15, 0.2) is 0 Å². The number of nitrogens with zero attached hydrogens (tertiary/aromatic N) is 6. The van der Waals surface area contributed by atoms with Crippen molar-refractivity contribution in [1.29, 1.82) is 5.26 Å². The van der Waals surface area contributed by atoms with Gasteiger partial charge in [-0.25, -0.2) is 14.3 Å². The second-order valence-electron chi connectivity index (χ2n) is 7.45. The molecule has 2 aromatic rings. The van der Waals surface area contributed by atoms with E-state index in [0.717, 1.165) is 12.1 Å². The Kier molecular flexibility index (Phi) is 4.33. The minimum atomic E-state index is -0.528. The molecule has 0 aliphatic carbocycles. The third-order valence-corrected chi connectivity index (χ3v) is 4.38. The fraction of sp³-hybridized carbons (Fsp3) is 0.588. The Balaban J connectivity index is 1.92. The minimum absolute atomic E-state index is 0.0283. The maximum Gasteiger partial charge on any atom is 0.410 e. The largest absolute Gasteiger partial charge is 0.444 e. The van der Waals surface area contributed by atoms with Crippen LogP contribution in [0.5, 0.6) is 0 Å². The van der Waals surface area contributed by atoms with Crippen molar-refractivity contribution in [3.8, 4) is 6.07 Å². The second-order valence-corrected chi connectivity index (χ2v) is 7.45. The molecular weight excluding hydrogens is 320 g/mol. The Bertz CT molecular complexity index is 832. The fourth-order valence-electron chi connectivity index (χ4n) is 3.10. The molecule has 0 bridgehead atoms. The predicted octanol–water partition coefficient (Wildman–Crippen LogP) is 2.36. The SMILES string of the molecule is CC1CCN(C(=O)OC(C)(C)C)CC1c1cc(C#N)nc2ncnn12. The molecule has 8 nitrogen and oxygen atoms in total. The number of amides is 1. The fourth-order valence-corrected chi connectivity index (χ4v) is 3.10. The van der Waals surface area contributed by atoms with E-state index in [9.17, 15) is 10.1 Å². The summed E-state index contributed by atoms with van der Waals surface area (Å²) in [4.78, 5) is 22.4. The summed E-state index contributed by atoms with van der Waals surface area (Å²) in [5.74, 6) is 0.760. The van der Waals surface area contributed by atoms with Gasteiger partial charge in [0.25, 0.3) is 5.78 Å². The molecule has 3 rings (SSSR count). The molecule has 8 heteroatoms. The molecule has 0 spiro atoms. The highest BCUT2D eigenvalue weighted by Gasteiger charge is 2.34. The zero-order valence-electron chi connectivity index (χ0n) is 14.9. The van der Waals surface area contributed by atoms with Crippen molar-refractivity contribution in [3.63, 3.8) is 0 Å². The quantitative estimate of drug-likeness (QED) is 0.789. The molecule has 0 aromatic carbocycles. The molecule has 0 N–H and O–H groups in total. The molecular formula is C17H22N6O2. The Morgan fingerprint density at radius 2 is 2.20 bits per heavy atom. The van der Waals surface area contributed by atoms with Crippen molar-refractivity contribution in [3.05, 3.63) is 23.8 Å². The normalized spacial score (nSPS) is 21.2. The van der Waals surface area contributed by atoms with Crippen molar-refractivity contribution < 1.29 is 9.53 Å². The number of piperidine rings is 1. The van der Waals surface area contributed by atoms with Gasteiger partial charge in [0.05, 0.1) is 5.69 Å². The van der Waals surface area contributed by atoms with Gasteiger partial charge in [-0.2, -0.15) is 15.3 Å². The predicted molar refractivity (Wildman–Crippen MR) is 89.8 cm³/mol. The molecule has 25 heavy (non-hydrogen) atoms. The first-order valence-electron chi connectivity index (χ1n) is 8.37. The van der Waals surface area contributed by atoms with Crippen LogP contribution in [0.25, 0.3) is 5.78 Å². The smallest absolute Gasteiger partial charge is 0.410 e. The number of rotatable bonds is 1. The van der Waals surface area contributed by atoms with Gasteiger partial charge in [-0.15, -0.1) is 0 Å². The third kappa shape index (κ3) is 3.55. The summed E-state index contributed by atoms with van der Waals surface area (Å²) in [5.41, 5.74) is 0.622. The van der Waals surface area contributed by atoms with Crippen LogP contribution >= 0.6 is 0 Å². The number of fused-ring (bicyclic) bond motifs is 1. The molecule has 2 unspecified atom stereocenters. The Morgan fingerprint density at radius 1 is 1.44 bits per heavy atom. The van der Waals surface area contributed by atoms with E-state index >= 15 is 0 Å². The first-order valence-corrected chi connectivity index (χ1v) is 8.37. The molecule has 0 saturated carbocycles. The molecule has 3 heterocycles. The minimum Gasteiger partial charge on any atom is -0.444 e. The maximum absolute atomic E-state index is 12.4. The summed E-state index contributed by atoms with van der Waals surface area (Å²) in [6.45, 7) is 8.89. The van der Waals surface area contributed by atoms with Crippen molar-refractivity contribution in [1.82, 2.24) is 24.5 Å². The summed E-state index contributed by atoms with van der Waals surface area (Å²) in [5, 5.41) is 13.5. The van der Waals surface area contributed by atoms with E-state index in [2.05, 4.69) is 28.1 Å². The van der Waals surface area contributed by atoms with Gasteiger partial charge < -0.3 is 9.64 Å². The van der Waals surface area contributed by atoms with E-state index in [0.29, 0.717) is 30.5 Å². The van der Waals surface area contributed by atoms with Crippen LogP contribution in [0.4, 0.5) is 4.79 Å². The number of aromatic nitrogens is 4. The first-order chi connectivity index (χ1) is 11.8. The van der Waals surface area contributed by atoms with Crippen LogP contribution in [0, 0.1) is 17.2 Å². The highest BCUT2D eigenvalue weighted by atomic mass is 16.6. The van der Waals surface area contributed by atoms with Crippen LogP contribution in [0.2, 0.25) is 0 Å². The van der Waals surface area contributed by atoms with Gasteiger partial charge >= 0.3 is 6.09 Å². The number of carbonyl (C=O) groups is 1. The van der Waals surface area contributed by atoms with Gasteiger partial charge in [0, 0.05) is 19.0 Å². The lowest BCUT2D eigenvalue weighted by molar-refractivity contribution is 0.0161. The number of hydrogen-bond donors (Lipinski definition) is 0. The lowest BCUT2D eigenvalue weighted by Gasteiger charge is -2.37. The molecule has 1 aliphatic heterocycles. The van der Waals surface area contributed by atoms with Crippen molar-refractivity contribution >= 4 is 11.9 Å². The van der Waals surface area contributed by atoms with Gasteiger partial charge in [-0.1, -0.05) is 6.92 Å². The molecule has 1 aliphatic rings. The number of likely N-dealkylation sites (tertiary alicyclic amines) is 1. The average Bonchev–Trinajstić information content (AvgIpc) is 3.01. The van der Waals surface area contributed by atoms with Crippen LogP contribution in [0.1, 0.15) is 51.4 Å². The summed E-state index contributed by atoms with van der Waals surface area (Å²) in [6.07, 6.45) is 1.96. The first kappa shape index (κ1) is 17.1. The Labute approximate surface area is 146 Å². The molecule has 2 aromatic heterocycles. The van der Waals surface area contributed by atoms with Crippen LogP contribution in [-0.2, 0) is 4.74 Å². The monoisotopic (exact) mass is 342 g/mol. The summed E-state index contributed by atoms with van der Waals surface area (Å²) in [6, 6.07) is 3.81. The van der Waals surface area contributed by atoms with E-state index in [4.69, 9.17) is 4.74 Å². The van der Waals surface area contributed by atoms with E-state index in [1.54, 1.807) is 15.5 Å². The highest BCUT2D eigenvalue weighted by molar-refractivity contribution is 5.68. The van der Waals surface area contributed by atoms with Crippen LogP contribution in [0.3, 0.4) is 0 Å². The summed E-state index contributed by atoms with van der Waals surface area (Å²) >= 11 is 0. The number of hydrogen-bond acceptors (Lipinski definition) is 6. The summed E-state index contributed by atoms with van der Waals surface area (Å²) in [7, 11) is 0. The molecule has 1 fully saturated rings. The standard InChI is InChI=1S/C17H22N6O2/c1-11-5-6-22(16(24)25-17(2,3)4)9-13(11)14-7-12(8-18)21-15-19-10-20-23(14)15/h7,10-11,13H,5-6,9H2,1-4H3. The lowest BCUT2D eigenvalue weighted by Crippen LogP contribution is -2.45. The maximum atomic E-state index is 12.4. The molecule has 1 saturated heterocycles. The van der Waals surface area contributed by atoms with E-state index < -0.39 is 5.60 Å². The molecule has 1 amide bonds. The van der Waals surface area contributed by atoms with E-state index in [1.165, 1.54) is 6.33 Å². The molecule has 132 valence electrons.